The lowest BCUT2D eigenvalue weighted by Crippen LogP contribution is -2.00. The number of benzene rings is 2. The first-order valence-corrected chi connectivity index (χ1v) is 6.47. The van der Waals surface area contributed by atoms with E-state index in [1.165, 1.54) is 12.1 Å². The first-order chi connectivity index (χ1) is 10.2. The summed E-state index contributed by atoms with van der Waals surface area (Å²) in [6, 6.07) is 11.1. The molecule has 0 saturated heterocycles. The standard InChI is InChI=1S/C17H14F2O2/c18-15-9-5-10-16(17(15)19)21-12-14-8-2-1-6-13(14)7-3-4-11-20/h1-2,5-6,8-10,20H,4,11-12H2. The summed E-state index contributed by atoms with van der Waals surface area (Å²) in [6.45, 7) is 0.0878. The highest BCUT2D eigenvalue weighted by molar-refractivity contribution is 5.41. The van der Waals surface area contributed by atoms with E-state index in [2.05, 4.69) is 11.8 Å². The summed E-state index contributed by atoms with van der Waals surface area (Å²) in [5, 5.41) is 8.72. The predicted octanol–water partition coefficient (Wildman–Crippen LogP) is 3.28. The average Bonchev–Trinajstić information content (AvgIpc) is 2.50. The van der Waals surface area contributed by atoms with Crippen LogP contribution in [0.5, 0.6) is 5.75 Å². The van der Waals surface area contributed by atoms with Gasteiger partial charge in [0, 0.05) is 17.5 Å². The van der Waals surface area contributed by atoms with E-state index in [-0.39, 0.29) is 19.0 Å². The Hall–Kier alpha value is -2.38. The maximum atomic E-state index is 13.5. The minimum Gasteiger partial charge on any atom is -0.486 e. The highest BCUT2D eigenvalue weighted by Gasteiger charge is 2.09. The highest BCUT2D eigenvalue weighted by Crippen LogP contribution is 2.21. The first-order valence-electron chi connectivity index (χ1n) is 6.47. The smallest absolute Gasteiger partial charge is 0.200 e. The number of halogens is 2. The molecule has 0 radical (unpaired) electrons. The lowest BCUT2D eigenvalue weighted by atomic mass is 10.1. The monoisotopic (exact) mass is 288 g/mol. The Labute approximate surface area is 122 Å². The van der Waals surface area contributed by atoms with Crippen LogP contribution in [0.3, 0.4) is 0 Å². The van der Waals surface area contributed by atoms with Crippen LogP contribution in [0, 0.1) is 23.5 Å². The molecule has 0 atom stereocenters. The molecule has 0 aliphatic carbocycles. The van der Waals surface area contributed by atoms with Gasteiger partial charge in [0.15, 0.2) is 11.6 Å². The molecule has 21 heavy (non-hydrogen) atoms. The van der Waals surface area contributed by atoms with Crippen molar-refractivity contribution >= 4 is 0 Å². The summed E-state index contributed by atoms with van der Waals surface area (Å²) in [4.78, 5) is 0. The molecule has 0 aromatic heterocycles. The van der Waals surface area contributed by atoms with Gasteiger partial charge in [-0.1, -0.05) is 36.1 Å². The van der Waals surface area contributed by atoms with Crippen LogP contribution >= 0.6 is 0 Å². The van der Waals surface area contributed by atoms with Crippen LogP contribution in [-0.4, -0.2) is 11.7 Å². The molecule has 0 aliphatic rings. The van der Waals surface area contributed by atoms with Gasteiger partial charge in [-0.25, -0.2) is 4.39 Å². The summed E-state index contributed by atoms with van der Waals surface area (Å²) in [7, 11) is 0. The van der Waals surface area contributed by atoms with Crippen molar-refractivity contribution in [3.63, 3.8) is 0 Å². The number of rotatable bonds is 4. The molecule has 2 nitrogen and oxygen atoms in total. The summed E-state index contributed by atoms with van der Waals surface area (Å²) in [5.41, 5.74) is 1.51. The summed E-state index contributed by atoms with van der Waals surface area (Å²) < 4.78 is 31.9. The van der Waals surface area contributed by atoms with E-state index < -0.39 is 11.6 Å². The summed E-state index contributed by atoms with van der Waals surface area (Å²) >= 11 is 0. The minimum absolute atomic E-state index is 0.000169. The molecular weight excluding hydrogens is 274 g/mol. The molecule has 2 aromatic carbocycles. The molecule has 0 aliphatic heterocycles. The van der Waals surface area contributed by atoms with Crippen molar-refractivity contribution in [3.05, 3.63) is 65.2 Å². The Morgan fingerprint density at radius 1 is 1.05 bits per heavy atom. The second-order valence-electron chi connectivity index (χ2n) is 4.27. The number of ether oxygens (including phenoxy) is 1. The van der Waals surface area contributed by atoms with Gasteiger partial charge in [-0.05, 0) is 18.2 Å². The van der Waals surface area contributed by atoms with Crippen molar-refractivity contribution in [2.45, 2.75) is 13.0 Å². The second-order valence-corrected chi connectivity index (χ2v) is 4.27. The number of hydrogen-bond donors (Lipinski definition) is 1. The third kappa shape index (κ3) is 4.04. The van der Waals surface area contributed by atoms with E-state index in [1.54, 1.807) is 6.07 Å². The third-order valence-corrected chi connectivity index (χ3v) is 2.78. The van der Waals surface area contributed by atoms with Crippen molar-refractivity contribution in [1.29, 1.82) is 0 Å². The van der Waals surface area contributed by atoms with Crippen molar-refractivity contribution in [3.8, 4) is 17.6 Å². The topological polar surface area (TPSA) is 29.5 Å². The van der Waals surface area contributed by atoms with Crippen LogP contribution in [0.15, 0.2) is 42.5 Å². The molecule has 1 N–H and O–H groups in total. The molecule has 4 heteroatoms. The minimum atomic E-state index is -0.999. The normalized spacial score (nSPS) is 9.86. The number of aliphatic hydroxyl groups excluding tert-OH is 1. The van der Waals surface area contributed by atoms with E-state index >= 15 is 0 Å². The van der Waals surface area contributed by atoms with Gasteiger partial charge < -0.3 is 9.84 Å². The van der Waals surface area contributed by atoms with Gasteiger partial charge in [0.1, 0.15) is 6.61 Å². The van der Waals surface area contributed by atoms with Gasteiger partial charge in [0.05, 0.1) is 6.61 Å². The van der Waals surface area contributed by atoms with Crippen LogP contribution in [0.1, 0.15) is 17.5 Å². The van der Waals surface area contributed by atoms with Gasteiger partial charge in [0.25, 0.3) is 0 Å². The molecule has 108 valence electrons. The number of hydrogen-bond acceptors (Lipinski definition) is 2. The van der Waals surface area contributed by atoms with Crippen LogP contribution in [0.4, 0.5) is 8.78 Å². The van der Waals surface area contributed by atoms with Gasteiger partial charge in [-0.3, -0.25) is 0 Å². The number of aliphatic hydroxyl groups is 1. The molecule has 0 spiro atoms. The molecule has 2 rings (SSSR count). The molecule has 0 bridgehead atoms. The molecule has 0 unspecified atom stereocenters. The van der Waals surface area contributed by atoms with E-state index in [0.717, 1.165) is 17.2 Å². The third-order valence-electron chi connectivity index (χ3n) is 2.78. The fourth-order valence-electron chi connectivity index (χ4n) is 1.73. The molecule has 0 heterocycles. The molecule has 0 amide bonds. The van der Waals surface area contributed by atoms with Gasteiger partial charge in [-0.15, -0.1) is 0 Å². The zero-order valence-corrected chi connectivity index (χ0v) is 11.3. The summed E-state index contributed by atoms with van der Waals surface area (Å²) in [5.74, 6) is 3.67. The fourth-order valence-corrected chi connectivity index (χ4v) is 1.73. The van der Waals surface area contributed by atoms with Crippen LogP contribution in [0.2, 0.25) is 0 Å². The average molecular weight is 288 g/mol. The maximum Gasteiger partial charge on any atom is 0.200 e. The Bertz CT molecular complexity index is 672. The quantitative estimate of drug-likeness (QED) is 0.875. The van der Waals surface area contributed by atoms with Gasteiger partial charge in [0.2, 0.25) is 5.82 Å². The zero-order valence-electron chi connectivity index (χ0n) is 11.3. The SMILES string of the molecule is OCCC#Cc1ccccc1COc1cccc(F)c1F. The Balaban J connectivity index is 2.14. The van der Waals surface area contributed by atoms with Crippen LogP contribution < -0.4 is 4.74 Å². The van der Waals surface area contributed by atoms with E-state index in [4.69, 9.17) is 9.84 Å². The van der Waals surface area contributed by atoms with Gasteiger partial charge in [-0.2, -0.15) is 4.39 Å². The van der Waals surface area contributed by atoms with E-state index in [0.29, 0.717) is 6.42 Å². The lowest BCUT2D eigenvalue weighted by molar-refractivity contribution is 0.284. The molecule has 0 fully saturated rings. The van der Waals surface area contributed by atoms with Crippen molar-refractivity contribution in [1.82, 2.24) is 0 Å². The largest absolute Gasteiger partial charge is 0.486 e. The van der Waals surface area contributed by atoms with Crippen LogP contribution in [-0.2, 0) is 6.61 Å². The molecular formula is C17H14F2O2. The maximum absolute atomic E-state index is 13.5. The molecule has 0 saturated carbocycles. The second kappa shape index (κ2) is 7.41. The lowest BCUT2D eigenvalue weighted by Gasteiger charge is -2.09. The van der Waals surface area contributed by atoms with Crippen LogP contribution in [0.25, 0.3) is 0 Å². The molecule has 2 aromatic rings. The Kier molecular flexibility index (Phi) is 5.30. The van der Waals surface area contributed by atoms with Crippen molar-refractivity contribution in [2.75, 3.05) is 6.61 Å². The Morgan fingerprint density at radius 3 is 2.67 bits per heavy atom. The highest BCUT2D eigenvalue weighted by atomic mass is 19.2. The van der Waals surface area contributed by atoms with Gasteiger partial charge >= 0.3 is 0 Å². The van der Waals surface area contributed by atoms with E-state index in [1.807, 2.05) is 18.2 Å². The van der Waals surface area contributed by atoms with Crippen molar-refractivity contribution in [2.24, 2.45) is 0 Å². The predicted molar refractivity (Wildman–Crippen MR) is 75.7 cm³/mol. The first kappa shape index (κ1) is 15.0. The fraction of sp³-hybridized carbons (Fsp3) is 0.176. The zero-order chi connectivity index (χ0) is 15.1. The summed E-state index contributed by atoms with van der Waals surface area (Å²) in [6.07, 6.45) is 0.383. The van der Waals surface area contributed by atoms with E-state index in [9.17, 15) is 8.78 Å². The van der Waals surface area contributed by atoms with Crippen molar-refractivity contribution < 1.29 is 18.6 Å². The Morgan fingerprint density at radius 2 is 1.86 bits per heavy atom.